The third kappa shape index (κ3) is 1.31. The molecule has 1 rings (SSSR count). The lowest BCUT2D eigenvalue weighted by Gasteiger charge is -2.22. The largest absolute Gasteiger partial charge is 0.366 e. The molecule has 60 valence electrons. The summed E-state index contributed by atoms with van der Waals surface area (Å²) in [6.45, 7) is 0. The first-order valence-electron chi connectivity index (χ1n) is 3.57. The maximum atomic E-state index is 5.20. The van der Waals surface area contributed by atoms with E-state index in [4.69, 9.17) is 9.47 Å². The summed E-state index contributed by atoms with van der Waals surface area (Å²) in [5.41, 5.74) is 0. The minimum Gasteiger partial charge on any atom is -0.366 e. The van der Waals surface area contributed by atoms with Crippen LogP contribution >= 0.6 is 0 Å². The van der Waals surface area contributed by atoms with Gasteiger partial charge in [0.2, 0.25) is 0 Å². The van der Waals surface area contributed by atoms with Crippen LogP contribution in [-0.4, -0.2) is 38.6 Å². The molecule has 0 aromatic rings. The van der Waals surface area contributed by atoms with E-state index in [0.29, 0.717) is 0 Å². The summed E-state index contributed by atoms with van der Waals surface area (Å²) in [4.78, 5) is 2.11. The van der Waals surface area contributed by atoms with Gasteiger partial charge in [0.1, 0.15) is 12.5 Å². The highest BCUT2D eigenvalue weighted by Gasteiger charge is 2.29. The van der Waals surface area contributed by atoms with Crippen molar-refractivity contribution in [2.45, 2.75) is 25.3 Å². The molecule has 1 saturated heterocycles. The van der Waals surface area contributed by atoms with Crippen LogP contribution in [0.25, 0.3) is 0 Å². The standard InChI is InChI=1S/C7H15NO2/c1-8-6(9-2)4-5-7(8)10-3/h6-7H,4-5H2,1-3H3/t6-,7+. The van der Waals surface area contributed by atoms with Gasteiger partial charge in [-0.15, -0.1) is 0 Å². The van der Waals surface area contributed by atoms with Gasteiger partial charge < -0.3 is 9.47 Å². The molecule has 10 heavy (non-hydrogen) atoms. The summed E-state index contributed by atoms with van der Waals surface area (Å²) in [6.07, 6.45) is 2.66. The molecule has 1 aliphatic heterocycles. The zero-order chi connectivity index (χ0) is 7.56. The molecule has 0 radical (unpaired) electrons. The molecule has 0 bridgehead atoms. The average Bonchev–Trinajstić information content (AvgIpc) is 2.30. The number of likely N-dealkylation sites (tertiary alicyclic amines) is 1. The van der Waals surface area contributed by atoms with Crippen LogP contribution < -0.4 is 0 Å². The van der Waals surface area contributed by atoms with Crippen LogP contribution in [0.4, 0.5) is 0 Å². The highest BCUT2D eigenvalue weighted by atomic mass is 16.5. The molecule has 2 atom stereocenters. The predicted octanol–water partition coefficient (Wildman–Crippen LogP) is 0.657. The Labute approximate surface area is 61.9 Å². The molecule has 0 saturated carbocycles. The normalized spacial score (nSPS) is 35.1. The minimum absolute atomic E-state index is 0.255. The molecule has 3 nitrogen and oxygen atoms in total. The summed E-state index contributed by atoms with van der Waals surface area (Å²) in [7, 11) is 5.49. The molecule has 1 fully saturated rings. The Kier molecular flexibility index (Phi) is 2.65. The molecule has 1 heterocycles. The Bertz CT molecular complexity index is 95.8. The highest BCUT2D eigenvalue weighted by molar-refractivity contribution is 4.72. The summed E-state index contributed by atoms with van der Waals surface area (Å²) in [5, 5.41) is 0. The minimum atomic E-state index is 0.255. The van der Waals surface area contributed by atoms with Crippen molar-refractivity contribution in [2.24, 2.45) is 0 Å². The molecule has 0 aromatic heterocycles. The lowest BCUT2D eigenvalue weighted by atomic mass is 10.3. The number of hydrogen-bond acceptors (Lipinski definition) is 3. The predicted molar refractivity (Wildman–Crippen MR) is 38.6 cm³/mol. The van der Waals surface area contributed by atoms with E-state index in [1.807, 2.05) is 7.05 Å². The Morgan fingerprint density at radius 1 is 1.10 bits per heavy atom. The van der Waals surface area contributed by atoms with Crippen molar-refractivity contribution >= 4 is 0 Å². The van der Waals surface area contributed by atoms with Gasteiger partial charge in [0.05, 0.1) is 0 Å². The van der Waals surface area contributed by atoms with Crippen LogP contribution in [0.2, 0.25) is 0 Å². The van der Waals surface area contributed by atoms with Gasteiger partial charge in [-0.2, -0.15) is 0 Å². The van der Waals surface area contributed by atoms with Crippen molar-refractivity contribution in [3.63, 3.8) is 0 Å². The number of nitrogens with zero attached hydrogens (tertiary/aromatic N) is 1. The Morgan fingerprint density at radius 2 is 1.50 bits per heavy atom. The molecule has 0 aromatic carbocycles. The third-order valence-electron chi connectivity index (χ3n) is 2.11. The monoisotopic (exact) mass is 145 g/mol. The van der Waals surface area contributed by atoms with Crippen molar-refractivity contribution in [3.8, 4) is 0 Å². The van der Waals surface area contributed by atoms with E-state index in [1.54, 1.807) is 14.2 Å². The van der Waals surface area contributed by atoms with Crippen molar-refractivity contribution in [1.82, 2.24) is 4.90 Å². The first kappa shape index (κ1) is 7.98. The molecule has 0 spiro atoms. The van der Waals surface area contributed by atoms with Gasteiger partial charge in [0.25, 0.3) is 0 Å². The van der Waals surface area contributed by atoms with Crippen LogP contribution in [0, 0.1) is 0 Å². The van der Waals surface area contributed by atoms with Gasteiger partial charge in [-0.3, -0.25) is 4.90 Å². The SMILES string of the molecule is CO[C@H]1CC[C@@H](OC)N1C. The average molecular weight is 145 g/mol. The van der Waals surface area contributed by atoms with Crippen molar-refractivity contribution < 1.29 is 9.47 Å². The van der Waals surface area contributed by atoms with E-state index in [2.05, 4.69) is 4.90 Å². The second kappa shape index (κ2) is 3.32. The van der Waals surface area contributed by atoms with E-state index in [9.17, 15) is 0 Å². The van der Waals surface area contributed by atoms with Gasteiger partial charge >= 0.3 is 0 Å². The highest BCUT2D eigenvalue weighted by Crippen LogP contribution is 2.22. The summed E-state index contributed by atoms with van der Waals surface area (Å²) >= 11 is 0. The van der Waals surface area contributed by atoms with Gasteiger partial charge in [-0.1, -0.05) is 0 Å². The third-order valence-corrected chi connectivity index (χ3v) is 2.11. The van der Waals surface area contributed by atoms with Crippen molar-refractivity contribution in [2.75, 3.05) is 21.3 Å². The Hall–Kier alpha value is -0.120. The lowest BCUT2D eigenvalue weighted by molar-refractivity contribution is -0.0727. The van der Waals surface area contributed by atoms with Crippen LogP contribution in [-0.2, 0) is 9.47 Å². The first-order valence-corrected chi connectivity index (χ1v) is 3.57. The fourth-order valence-corrected chi connectivity index (χ4v) is 1.45. The van der Waals surface area contributed by atoms with E-state index >= 15 is 0 Å². The molecule has 1 aliphatic rings. The second-order valence-corrected chi connectivity index (χ2v) is 2.62. The molecular weight excluding hydrogens is 130 g/mol. The zero-order valence-electron chi connectivity index (χ0n) is 6.83. The van der Waals surface area contributed by atoms with E-state index in [-0.39, 0.29) is 12.5 Å². The van der Waals surface area contributed by atoms with Crippen LogP contribution in [0.15, 0.2) is 0 Å². The molecule has 0 unspecified atom stereocenters. The van der Waals surface area contributed by atoms with Crippen molar-refractivity contribution in [3.05, 3.63) is 0 Å². The second-order valence-electron chi connectivity index (χ2n) is 2.62. The fraction of sp³-hybridized carbons (Fsp3) is 1.00. The number of ether oxygens (including phenoxy) is 2. The number of methoxy groups -OCH3 is 2. The Balaban J connectivity index is 2.41. The Morgan fingerprint density at radius 3 is 1.70 bits per heavy atom. The first-order chi connectivity index (χ1) is 4.79. The van der Waals surface area contributed by atoms with Crippen molar-refractivity contribution in [1.29, 1.82) is 0 Å². The van der Waals surface area contributed by atoms with Gasteiger partial charge in [-0.25, -0.2) is 0 Å². The van der Waals surface area contributed by atoms with E-state index in [1.165, 1.54) is 0 Å². The molecule has 0 aliphatic carbocycles. The number of rotatable bonds is 2. The van der Waals surface area contributed by atoms with Gasteiger partial charge in [0.15, 0.2) is 0 Å². The topological polar surface area (TPSA) is 21.7 Å². The zero-order valence-corrected chi connectivity index (χ0v) is 6.83. The molecule has 0 amide bonds. The van der Waals surface area contributed by atoms with Crippen LogP contribution in [0.5, 0.6) is 0 Å². The molecule has 0 N–H and O–H groups in total. The smallest absolute Gasteiger partial charge is 0.112 e. The van der Waals surface area contributed by atoms with Crippen LogP contribution in [0.3, 0.4) is 0 Å². The van der Waals surface area contributed by atoms with Gasteiger partial charge in [-0.05, 0) is 19.9 Å². The number of hydrogen-bond donors (Lipinski definition) is 0. The maximum Gasteiger partial charge on any atom is 0.112 e. The summed E-state index contributed by atoms with van der Waals surface area (Å²) < 4.78 is 10.4. The summed E-state index contributed by atoms with van der Waals surface area (Å²) in [6, 6.07) is 0. The summed E-state index contributed by atoms with van der Waals surface area (Å²) in [5.74, 6) is 0. The lowest BCUT2D eigenvalue weighted by Crippen LogP contribution is -2.34. The maximum absolute atomic E-state index is 5.20. The quantitative estimate of drug-likeness (QED) is 0.569. The molecular formula is C7H15NO2. The van der Waals surface area contributed by atoms with E-state index in [0.717, 1.165) is 12.8 Å². The van der Waals surface area contributed by atoms with Crippen LogP contribution in [0.1, 0.15) is 12.8 Å². The fourth-order valence-electron chi connectivity index (χ4n) is 1.45. The van der Waals surface area contributed by atoms with E-state index < -0.39 is 0 Å². The molecule has 3 heteroatoms. The van der Waals surface area contributed by atoms with Gasteiger partial charge in [0, 0.05) is 14.2 Å².